The topological polar surface area (TPSA) is 61.8 Å². The van der Waals surface area contributed by atoms with E-state index in [0.29, 0.717) is 17.1 Å². The summed E-state index contributed by atoms with van der Waals surface area (Å²) in [6.07, 6.45) is -0.743. The molecule has 1 rings (SSSR count). The van der Waals surface area contributed by atoms with E-state index in [1.807, 2.05) is 0 Å². The molecule has 0 heterocycles. The second kappa shape index (κ2) is 6.05. The van der Waals surface area contributed by atoms with E-state index < -0.39 is 12.1 Å². The monoisotopic (exact) mass is 252 g/mol. The van der Waals surface area contributed by atoms with E-state index in [1.54, 1.807) is 25.1 Å². The molecule has 1 aromatic rings. The molecule has 0 aliphatic rings. The van der Waals surface area contributed by atoms with E-state index in [2.05, 4.69) is 4.74 Å². The van der Waals surface area contributed by atoms with Crippen molar-refractivity contribution in [2.24, 2.45) is 0 Å². The maximum absolute atomic E-state index is 11.2. The maximum atomic E-state index is 11.2. The zero-order chi connectivity index (χ0) is 13.7. The summed E-state index contributed by atoms with van der Waals surface area (Å²) in [5, 5.41) is 0. The van der Waals surface area contributed by atoms with Gasteiger partial charge in [0.15, 0.2) is 23.4 Å². The van der Waals surface area contributed by atoms with Gasteiger partial charge in [-0.2, -0.15) is 0 Å². The Balaban J connectivity index is 2.96. The van der Waals surface area contributed by atoms with Gasteiger partial charge < -0.3 is 14.2 Å². The largest absolute Gasteiger partial charge is 0.493 e. The summed E-state index contributed by atoms with van der Waals surface area (Å²) in [7, 11) is 2.76. The quantitative estimate of drug-likeness (QED) is 0.591. The van der Waals surface area contributed by atoms with Gasteiger partial charge in [-0.1, -0.05) is 0 Å². The molecule has 0 aliphatic carbocycles. The number of methoxy groups -OCH3 is 2. The molecule has 0 bridgehead atoms. The van der Waals surface area contributed by atoms with E-state index in [0.717, 1.165) is 0 Å². The molecule has 1 atom stereocenters. The number of hydrogen-bond donors (Lipinski definition) is 0. The van der Waals surface area contributed by atoms with Crippen molar-refractivity contribution in [2.75, 3.05) is 14.2 Å². The summed E-state index contributed by atoms with van der Waals surface area (Å²) in [6, 6.07) is 4.78. The van der Waals surface area contributed by atoms with E-state index >= 15 is 0 Å². The minimum atomic E-state index is -0.743. The van der Waals surface area contributed by atoms with E-state index in [-0.39, 0.29) is 5.78 Å². The highest BCUT2D eigenvalue weighted by Gasteiger charge is 2.17. The van der Waals surface area contributed by atoms with Gasteiger partial charge in [0, 0.05) is 5.56 Å². The van der Waals surface area contributed by atoms with E-state index in [4.69, 9.17) is 9.47 Å². The van der Waals surface area contributed by atoms with Gasteiger partial charge in [-0.3, -0.25) is 4.79 Å². The third-order valence-corrected chi connectivity index (χ3v) is 2.41. The smallest absolute Gasteiger partial charge is 0.346 e. The Hall–Kier alpha value is -2.04. The summed E-state index contributed by atoms with van der Waals surface area (Å²) < 4.78 is 15.1. The van der Waals surface area contributed by atoms with Crippen LogP contribution >= 0.6 is 0 Å². The van der Waals surface area contributed by atoms with Crippen molar-refractivity contribution in [3.63, 3.8) is 0 Å². The highest BCUT2D eigenvalue weighted by Crippen LogP contribution is 2.29. The second-order valence-electron chi connectivity index (χ2n) is 3.71. The highest BCUT2D eigenvalue weighted by atomic mass is 16.6. The predicted molar refractivity (Wildman–Crippen MR) is 65.1 cm³/mol. The summed E-state index contributed by atoms with van der Waals surface area (Å²) in [6.45, 7) is 3.04. The van der Waals surface area contributed by atoms with Crippen LogP contribution in [0.2, 0.25) is 0 Å². The first-order valence-corrected chi connectivity index (χ1v) is 5.43. The lowest BCUT2D eigenvalue weighted by Gasteiger charge is -2.15. The number of carbonyl (C=O) groups is 2. The van der Waals surface area contributed by atoms with Gasteiger partial charge >= 0.3 is 5.97 Å². The molecule has 5 heteroatoms. The van der Waals surface area contributed by atoms with Crippen LogP contribution in [0, 0.1) is 0 Å². The zero-order valence-corrected chi connectivity index (χ0v) is 10.9. The lowest BCUT2D eigenvalue weighted by molar-refractivity contribution is -0.147. The van der Waals surface area contributed by atoms with Gasteiger partial charge in [-0.15, -0.1) is 0 Å². The molecule has 5 nitrogen and oxygen atoms in total. The molecule has 0 fully saturated rings. The molecule has 18 heavy (non-hydrogen) atoms. The summed E-state index contributed by atoms with van der Waals surface area (Å²) in [5.74, 6) is 0.243. The molecule has 1 aromatic carbocycles. The fraction of sp³-hybridized carbons (Fsp3) is 0.385. The van der Waals surface area contributed by atoms with Crippen LogP contribution < -0.4 is 9.47 Å². The van der Waals surface area contributed by atoms with Crippen molar-refractivity contribution in [1.82, 2.24) is 0 Å². The van der Waals surface area contributed by atoms with Gasteiger partial charge in [-0.05, 0) is 32.0 Å². The van der Waals surface area contributed by atoms with Crippen LogP contribution in [0.25, 0.3) is 0 Å². The number of carbonyl (C=O) groups excluding carboxylic acids is 2. The molecule has 0 aliphatic heterocycles. The summed E-state index contributed by atoms with van der Waals surface area (Å²) >= 11 is 0. The van der Waals surface area contributed by atoms with Gasteiger partial charge in [0.1, 0.15) is 0 Å². The number of Topliss-reactive ketones (excluding diaryl/α,β-unsaturated/α-hetero) is 1. The number of benzene rings is 1. The Kier molecular flexibility index (Phi) is 4.71. The van der Waals surface area contributed by atoms with Crippen molar-refractivity contribution < 1.29 is 23.8 Å². The minimum absolute atomic E-state index is 0.0686. The number of ether oxygens (including phenoxy) is 3. The SMILES string of the molecule is COC(=O)[C@@H](C)Oc1ccc(C(C)=O)cc1OC. The average molecular weight is 252 g/mol. The van der Waals surface area contributed by atoms with Crippen LogP contribution in [0.3, 0.4) is 0 Å². The molecule has 0 aromatic heterocycles. The Bertz CT molecular complexity index is 453. The van der Waals surface area contributed by atoms with Gasteiger partial charge in [0.05, 0.1) is 14.2 Å². The number of esters is 1. The van der Waals surface area contributed by atoms with Crippen LogP contribution in [0.15, 0.2) is 18.2 Å². The maximum Gasteiger partial charge on any atom is 0.346 e. The molecule has 0 saturated carbocycles. The van der Waals surface area contributed by atoms with Crippen LogP contribution in [-0.4, -0.2) is 32.1 Å². The molecular weight excluding hydrogens is 236 g/mol. The van der Waals surface area contributed by atoms with Crippen molar-refractivity contribution in [3.05, 3.63) is 23.8 Å². The van der Waals surface area contributed by atoms with Crippen LogP contribution in [0.5, 0.6) is 11.5 Å². The third kappa shape index (κ3) is 3.23. The molecule has 98 valence electrons. The minimum Gasteiger partial charge on any atom is -0.493 e. The zero-order valence-electron chi connectivity index (χ0n) is 10.9. The molecule has 0 N–H and O–H groups in total. The first kappa shape index (κ1) is 14.0. The van der Waals surface area contributed by atoms with Crippen molar-refractivity contribution in [1.29, 1.82) is 0 Å². The Morgan fingerprint density at radius 1 is 1.17 bits per heavy atom. The fourth-order valence-corrected chi connectivity index (χ4v) is 1.39. The van der Waals surface area contributed by atoms with Crippen LogP contribution in [0.4, 0.5) is 0 Å². The van der Waals surface area contributed by atoms with Crippen molar-refractivity contribution >= 4 is 11.8 Å². The Labute approximate surface area is 106 Å². The van der Waals surface area contributed by atoms with E-state index in [9.17, 15) is 9.59 Å². The molecule has 0 spiro atoms. The normalized spacial score (nSPS) is 11.6. The predicted octanol–water partition coefficient (Wildman–Crippen LogP) is 1.84. The molecular formula is C13H16O5. The Morgan fingerprint density at radius 3 is 2.33 bits per heavy atom. The summed E-state index contributed by atoms with van der Waals surface area (Å²) in [5.41, 5.74) is 0.518. The first-order valence-electron chi connectivity index (χ1n) is 5.43. The standard InChI is InChI=1S/C13H16O5/c1-8(14)10-5-6-11(12(7-10)16-3)18-9(2)13(15)17-4/h5-7,9H,1-4H3/t9-/m1/s1. The fourth-order valence-electron chi connectivity index (χ4n) is 1.39. The van der Waals surface area contributed by atoms with Crippen molar-refractivity contribution in [3.8, 4) is 11.5 Å². The Morgan fingerprint density at radius 2 is 1.83 bits per heavy atom. The third-order valence-electron chi connectivity index (χ3n) is 2.41. The molecule has 0 radical (unpaired) electrons. The summed E-state index contributed by atoms with van der Waals surface area (Å²) in [4.78, 5) is 22.5. The van der Waals surface area contributed by atoms with Gasteiger partial charge in [0.2, 0.25) is 0 Å². The van der Waals surface area contributed by atoms with Crippen LogP contribution in [-0.2, 0) is 9.53 Å². The van der Waals surface area contributed by atoms with Gasteiger partial charge in [-0.25, -0.2) is 4.79 Å². The number of hydrogen-bond acceptors (Lipinski definition) is 5. The molecule has 0 saturated heterocycles. The molecule has 0 amide bonds. The van der Waals surface area contributed by atoms with E-state index in [1.165, 1.54) is 21.1 Å². The average Bonchev–Trinajstić information content (AvgIpc) is 2.37. The lowest BCUT2D eigenvalue weighted by Crippen LogP contribution is -2.25. The van der Waals surface area contributed by atoms with Crippen molar-refractivity contribution in [2.45, 2.75) is 20.0 Å². The van der Waals surface area contributed by atoms with Gasteiger partial charge in [0.25, 0.3) is 0 Å². The highest BCUT2D eigenvalue weighted by molar-refractivity contribution is 5.94. The second-order valence-corrected chi connectivity index (χ2v) is 3.71. The lowest BCUT2D eigenvalue weighted by atomic mass is 10.1. The number of ketones is 1. The molecule has 0 unspecified atom stereocenters. The number of rotatable bonds is 5. The first-order chi connectivity index (χ1) is 8.49. The van der Waals surface area contributed by atoms with Crippen LogP contribution in [0.1, 0.15) is 24.2 Å².